The molecular formula is C49H57F3N10O7. The van der Waals surface area contributed by atoms with Crippen molar-refractivity contribution >= 4 is 57.6 Å². The van der Waals surface area contributed by atoms with Crippen LogP contribution in [-0.2, 0) is 20.6 Å². The third-order valence-electron chi connectivity index (χ3n) is 14.5. The van der Waals surface area contributed by atoms with E-state index in [1.54, 1.807) is 52.3 Å². The van der Waals surface area contributed by atoms with Crippen molar-refractivity contribution in [3.05, 3.63) is 76.6 Å². The molecule has 3 aromatic carbocycles. The molecule has 3 unspecified atom stereocenters. The summed E-state index contributed by atoms with van der Waals surface area (Å²) in [5, 5.41) is 9.00. The number of ether oxygens (including phenoxy) is 2. The number of amides is 5. The van der Waals surface area contributed by atoms with Gasteiger partial charge in [-0.2, -0.15) is 13.2 Å². The average molecular weight is 955 g/mol. The van der Waals surface area contributed by atoms with Crippen molar-refractivity contribution in [2.45, 2.75) is 89.1 Å². The van der Waals surface area contributed by atoms with Gasteiger partial charge in [0.2, 0.25) is 17.7 Å². The number of nitrogens with zero attached hydrogens (tertiary/aromatic N) is 6. The summed E-state index contributed by atoms with van der Waals surface area (Å²) in [6, 6.07) is 10.7. The van der Waals surface area contributed by atoms with Crippen molar-refractivity contribution in [3.63, 3.8) is 0 Å². The van der Waals surface area contributed by atoms with E-state index in [1.165, 1.54) is 6.07 Å². The van der Waals surface area contributed by atoms with Crippen LogP contribution in [0.5, 0.6) is 11.5 Å². The molecular weight excluding hydrogens is 898 g/mol. The summed E-state index contributed by atoms with van der Waals surface area (Å²) >= 11 is 0. The van der Waals surface area contributed by atoms with E-state index < -0.39 is 47.5 Å². The lowest BCUT2D eigenvalue weighted by atomic mass is 9.95. The number of methoxy groups -OCH3 is 1. The summed E-state index contributed by atoms with van der Waals surface area (Å²) in [6.07, 6.45) is -0.218. The van der Waals surface area contributed by atoms with Crippen molar-refractivity contribution in [1.29, 1.82) is 0 Å². The number of benzene rings is 3. The van der Waals surface area contributed by atoms with Crippen LogP contribution in [0.3, 0.4) is 0 Å². The van der Waals surface area contributed by atoms with E-state index in [1.807, 2.05) is 6.07 Å². The normalized spacial score (nSPS) is 20.9. The molecule has 4 aliphatic heterocycles. The summed E-state index contributed by atoms with van der Waals surface area (Å²) in [5.41, 5.74) is 7.07. The molecule has 9 rings (SSSR count). The van der Waals surface area contributed by atoms with Crippen molar-refractivity contribution in [3.8, 4) is 11.5 Å². The number of alkyl halides is 3. The zero-order valence-corrected chi connectivity index (χ0v) is 39.1. The number of aromatic nitrogens is 2. The maximum atomic E-state index is 13.6. The van der Waals surface area contributed by atoms with Crippen LogP contribution >= 0.6 is 0 Å². The van der Waals surface area contributed by atoms with Gasteiger partial charge in [-0.3, -0.25) is 44.0 Å². The second-order valence-corrected chi connectivity index (χ2v) is 19.0. The lowest BCUT2D eigenvalue weighted by Crippen LogP contribution is -2.58. The quantitative estimate of drug-likeness (QED) is 0.0963. The number of hydrogen-bond acceptors (Lipinski definition) is 14. The van der Waals surface area contributed by atoms with E-state index in [0.717, 1.165) is 87.7 Å². The molecule has 1 saturated carbocycles. The number of rotatable bonds is 14. The molecule has 20 heteroatoms. The SMILES string of the molecule is CNC(=O)C(CC1(COc2cc3c(NC(C)c4cc(N)cc(C(F)(F)F)c4)nc(C)nc3cc2OC)CC1)N1CCN(C2CCN(c3ccc4c(c3)C(=O)N(C3CCC(=O)NC3=O)C4=O)CC2)CC1. The molecule has 69 heavy (non-hydrogen) atoms. The van der Waals surface area contributed by atoms with Crippen LogP contribution in [-0.4, -0.2) is 132 Å². The minimum Gasteiger partial charge on any atom is -0.493 e. The van der Waals surface area contributed by atoms with E-state index in [0.29, 0.717) is 58.7 Å². The summed E-state index contributed by atoms with van der Waals surface area (Å²) in [6.45, 7) is 8.37. The fourth-order valence-corrected chi connectivity index (χ4v) is 10.4. The Kier molecular flexibility index (Phi) is 12.9. The molecule has 17 nitrogen and oxygen atoms in total. The number of anilines is 3. The third-order valence-corrected chi connectivity index (χ3v) is 14.5. The lowest BCUT2D eigenvalue weighted by Gasteiger charge is -2.45. The number of nitrogen functional groups attached to an aromatic ring is 1. The van der Waals surface area contributed by atoms with Crippen molar-refractivity contribution in [2.75, 3.05) is 76.0 Å². The first-order valence-corrected chi connectivity index (χ1v) is 23.5. The number of fused-ring (bicyclic) bond motifs is 2. The number of piperidine rings is 2. The molecule has 1 aromatic heterocycles. The molecule has 4 aromatic rings. The number of piperazine rings is 1. The fourth-order valence-electron chi connectivity index (χ4n) is 10.4. The summed E-state index contributed by atoms with van der Waals surface area (Å²) in [7, 11) is 3.21. The standard InChI is InChI=1S/C49H57F3N10O7/c1-27(29-19-30(49(50,51)52)21-31(53)20-29)55-43-36-23-41(40(68-4)24-37(36)56-28(2)57-43)69-26-48(11-12-48)25-39(44(64)54-3)61-17-15-60(16-18-61)32-9-13-59(14-10-32)33-5-6-34-35(22-33)47(67)62(46(34)66)38-7-8-42(63)58-45(38)65/h5-6,19-24,27,32,38-39H,7-18,25-26,53H2,1-4H3,(H,54,64)(H,55,56,57)(H,58,63,65). The van der Waals surface area contributed by atoms with E-state index in [2.05, 4.69) is 40.6 Å². The highest BCUT2D eigenvalue weighted by molar-refractivity contribution is 6.23. The third kappa shape index (κ3) is 9.73. The molecule has 3 atom stereocenters. The average Bonchev–Trinajstić information content (AvgIpc) is 4.06. The molecule has 5 aliphatic rings. The smallest absolute Gasteiger partial charge is 0.416 e. The van der Waals surface area contributed by atoms with Crippen LogP contribution in [0.15, 0.2) is 48.5 Å². The van der Waals surface area contributed by atoms with Crippen LogP contribution in [0.1, 0.15) is 95.6 Å². The highest BCUT2D eigenvalue weighted by Crippen LogP contribution is 2.51. The first-order chi connectivity index (χ1) is 32.9. The summed E-state index contributed by atoms with van der Waals surface area (Å²) < 4.78 is 53.2. The number of aryl methyl sites for hydroxylation is 1. The summed E-state index contributed by atoms with van der Waals surface area (Å²) in [5.74, 6) is -0.352. The number of hydrogen-bond donors (Lipinski definition) is 4. The number of likely N-dealkylation sites (N-methyl/N-ethyl adjacent to an activating group) is 1. The van der Waals surface area contributed by atoms with Crippen molar-refractivity contribution in [1.82, 2.24) is 35.3 Å². The molecule has 5 N–H and O–H groups in total. The molecule has 5 heterocycles. The second-order valence-electron chi connectivity index (χ2n) is 19.0. The molecule has 366 valence electrons. The van der Waals surface area contributed by atoms with Gasteiger partial charge in [-0.05, 0) is 100 Å². The zero-order valence-electron chi connectivity index (χ0n) is 39.1. The Hall–Kier alpha value is -6.54. The maximum absolute atomic E-state index is 13.6. The maximum Gasteiger partial charge on any atom is 0.416 e. The van der Waals surface area contributed by atoms with Gasteiger partial charge in [0, 0.05) is 87.0 Å². The van der Waals surface area contributed by atoms with Gasteiger partial charge in [0.25, 0.3) is 11.8 Å². The van der Waals surface area contributed by atoms with Crippen molar-refractivity contribution < 1.29 is 46.6 Å². The van der Waals surface area contributed by atoms with Crippen LogP contribution in [0.25, 0.3) is 10.9 Å². The number of nitrogens with one attached hydrogen (secondary N) is 3. The van der Waals surface area contributed by atoms with E-state index in [4.69, 9.17) is 15.2 Å². The molecule has 4 fully saturated rings. The van der Waals surface area contributed by atoms with Gasteiger partial charge in [-0.25, -0.2) is 9.97 Å². The van der Waals surface area contributed by atoms with Crippen LogP contribution in [0, 0.1) is 12.3 Å². The van der Waals surface area contributed by atoms with Gasteiger partial charge in [0.15, 0.2) is 11.5 Å². The highest BCUT2D eigenvalue weighted by Gasteiger charge is 2.49. The monoisotopic (exact) mass is 954 g/mol. The Morgan fingerprint density at radius 1 is 0.928 bits per heavy atom. The molecule has 0 radical (unpaired) electrons. The van der Waals surface area contributed by atoms with Gasteiger partial charge in [-0.15, -0.1) is 0 Å². The molecule has 5 amide bonds. The predicted molar refractivity (Wildman–Crippen MR) is 250 cm³/mol. The Balaban J connectivity index is 0.811. The molecule has 1 aliphatic carbocycles. The number of imide groups is 2. The number of halogens is 3. The van der Waals surface area contributed by atoms with Crippen molar-refractivity contribution in [2.24, 2.45) is 5.41 Å². The minimum absolute atomic E-state index is 0.00107. The van der Waals surface area contributed by atoms with Gasteiger partial charge in [0.1, 0.15) is 17.7 Å². The van der Waals surface area contributed by atoms with Crippen LogP contribution in [0.2, 0.25) is 0 Å². The number of nitrogens with two attached hydrogens (primary N) is 1. The first kappa shape index (κ1) is 47.5. The fraction of sp³-hybridized carbons (Fsp3) is 0.490. The van der Waals surface area contributed by atoms with Crippen LogP contribution < -0.4 is 36.1 Å². The Labute approximate surface area is 397 Å². The van der Waals surface area contributed by atoms with Gasteiger partial charge in [0.05, 0.1) is 48.0 Å². The Morgan fingerprint density at radius 2 is 1.65 bits per heavy atom. The lowest BCUT2D eigenvalue weighted by molar-refractivity contribution is -0.138. The Bertz CT molecular complexity index is 2700. The molecule has 0 bridgehead atoms. The Morgan fingerprint density at radius 3 is 2.32 bits per heavy atom. The van der Waals surface area contributed by atoms with E-state index in [-0.39, 0.29) is 47.0 Å². The van der Waals surface area contributed by atoms with Gasteiger partial charge < -0.3 is 30.7 Å². The largest absolute Gasteiger partial charge is 0.493 e. The number of carbonyl (C=O) groups excluding carboxylic acids is 5. The predicted octanol–water partition coefficient (Wildman–Crippen LogP) is 5.07. The molecule has 0 spiro atoms. The van der Waals surface area contributed by atoms with E-state index in [9.17, 15) is 37.1 Å². The van der Waals surface area contributed by atoms with Crippen LogP contribution in [0.4, 0.5) is 30.4 Å². The second kappa shape index (κ2) is 18.8. The molecule has 3 saturated heterocycles. The first-order valence-electron chi connectivity index (χ1n) is 23.5. The van der Waals surface area contributed by atoms with E-state index >= 15 is 0 Å². The topological polar surface area (TPSA) is 205 Å². The van der Waals surface area contributed by atoms with Gasteiger partial charge in [-0.1, -0.05) is 0 Å². The number of carbonyl (C=O) groups is 5. The highest BCUT2D eigenvalue weighted by atomic mass is 19.4. The minimum atomic E-state index is -4.56. The summed E-state index contributed by atoms with van der Waals surface area (Å²) in [4.78, 5) is 81.7. The zero-order chi connectivity index (χ0) is 48.9. The van der Waals surface area contributed by atoms with Gasteiger partial charge >= 0.3 is 6.18 Å².